The van der Waals surface area contributed by atoms with Gasteiger partial charge in [-0.05, 0) is 74.8 Å². The van der Waals surface area contributed by atoms with Crippen LogP contribution in [-0.4, -0.2) is 53.8 Å². The standard InChI is InChI=1S/C27H30ClN5O2S/c1-18-7-6-8-22(28)25(18)31-26(35)23-16-29-27(36-23)30-21-11-10-20-17-33(14-12-19(20)15-21)24(34)9-4-5-13-32(2)3/h4,6-11,15-16H,5,12-14,17H2,1-3H3,(H,29,30)(H,31,35)/b9-4+. The first-order valence-corrected chi connectivity index (χ1v) is 13.0. The summed E-state index contributed by atoms with van der Waals surface area (Å²) in [4.78, 5) is 34.1. The number of carbonyl (C=O) groups excluding carboxylic acids is 2. The van der Waals surface area contributed by atoms with Crippen molar-refractivity contribution in [2.75, 3.05) is 37.8 Å². The second-order valence-electron chi connectivity index (χ2n) is 9.03. The fraction of sp³-hybridized carbons (Fsp3) is 0.296. The molecule has 0 fully saturated rings. The van der Waals surface area contributed by atoms with Gasteiger partial charge in [-0.25, -0.2) is 4.98 Å². The first-order chi connectivity index (χ1) is 17.3. The molecule has 0 unspecified atom stereocenters. The summed E-state index contributed by atoms with van der Waals surface area (Å²) in [6.45, 7) is 4.12. The van der Waals surface area contributed by atoms with E-state index in [2.05, 4.69) is 26.6 Å². The Labute approximate surface area is 220 Å². The lowest BCUT2D eigenvalue weighted by atomic mass is 9.99. The molecule has 0 saturated carbocycles. The average molecular weight is 524 g/mol. The van der Waals surface area contributed by atoms with Crippen molar-refractivity contribution < 1.29 is 9.59 Å². The molecule has 9 heteroatoms. The number of hydrogen-bond donors (Lipinski definition) is 2. The molecule has 1 aliphatic heterocycles. The fourth-order valence-electron chi connectivity index (χ4n) is 3.97. The van der Waals surface area contributed by atoms with Crippen LogP contribution in [0.3, 0.4) is 0 Å². The minimum absolute atomic E-state index is 0.0576. The highest BCUT2D eigenvalue weighted by molar-refractivity contribution is 7.17. The van der Waals surface area contributed by atoms with Crippen molar-refractivity contribution in [2.24, 2.45) is 0 Å². The molecule has 2 amide bonds. The highest BCUT2D eigenvalue weighted by Crippen LogP contribution is 2.29. The van der Waals surface area contributed by atoms with Gasteiger partial charge in [-0.15, -0.1) is 0 Å². The minimum Gasteiger partial charge on any atom is -0.335 e. The van der Waals surface area contributed by atoms with E-state index in [0.29, 0.717) is 33.8 Å². The van der Waals surface area contributed by atoms with E-state index in [4.69, 9.17) is 11.6 Å². The Morgan fingerprint density at radius 3 is 2.83 bits per heavy atom. The maximum absolute atomic E-state index is 12.7. The molecule has 2 aromatic carbocycles. The third kappa shape index (κ3) is 6.51. The van der Waals surface area contributed by atoms with E-state index in [1.807, 2.05) is 56.3 Å². The Morgan fingerprint density at radius 1 is 1.22 bits per heavy atom. The second kappa shape index (κ2) is 11.7. The highest BCUT2D eigenvalue weighted by Gasteiger charge is 2.20. The number of rotatable bonds is 8. The molecule has 0 aliphatic carbocycles. The monoisotopic (exact) mass is 523 g/mol. The van der Waals surface area contributed by atoms with Gasteiger partial charge < -0.3 is 20.4 Å². The summed E-state index contributed by atoms with van der Waals surface area (Å²) >= 11 is 7.51. The second-order valence-corrected chi connectivity index (χ2v) is 10.5. The van der Waals surface area contributed by atoms with Gasteiger partial charge in [0.25, 0.3) is 5.91 Å². The van der Waals surface area contributed by atoms with Crippen LogP contribution in [0.25, 0.3) is 0 Å². The van der Waals surface area contributed by atoms with Crippen LogP contribution in [-0.2, 0) is 17.8 Å². The van der Waals surface area contributed by atoms with Gasteiger partial charge in [0.05, 0.1) is 16.9 Å². The predicted octanol–water partition coefficient (Wildman–Crippen LogP) is 5.49. The Balaban J connectivity index is 1.36. The van der Waals surface area contributed by atoms with Gasteiger partial charge in [0.1, 0.15) is 4.88 Å². The molecule has 2 heterocycles. The van der Waals surface area contributed by atoms with Crippen LogP contribution in [0, 0.1) is 6.92 Å². The molecule has 0 spiro atoms. The molecule has 2 N–H and O–H groups in total. The smallest absolute Gasteiger partial charge is 0.267 e. The fourth-order valence-corrected chi connectivity index (χ4v) is 4.97. The van der Waals surface area contributed by atoms with Crippen LogP contribution < -0.4 is 10.6 Å². The molecule has 1 aliphatic rings. The summed E-state index contributed by atoms with van der Waals surface area (Å²) < 4.78 is 0. The summed E-state index contributed by atoms with van der Waals surface area (Å²) in [5.41, 5.74) is 4.77. The number of nitrogens with one attached hydrogen (secondary N) is 2. The SMILES string of the molecule is Cc1cccc(Cl)c1NC(=O)c1cnc(Nc2ccc3c(c2)CCN(C(=O)/C=C/CCN(C)C)C3)s1. The Hall–Kier alpha value is -3.20. The summed E-state index contributed by atoms with van der Waals surface area (Å²) in [7, 11) is 4.04. The summed E-state index contributed by atoms with van der Waals surface area (Å²) in [5, 5.41) is 7.31. The van der Waals surface area contributed by atoms with Crippen LogP contribution >= 0.6 is 22.9 Å². The van der Waals surface area contributed by atoms with E-state index in [-0.39, 0.29) is 11.8 Å². The normalized spacial score (nSPS) is 13.2. The highest BCUT2D eigenvalue weighted by atomic mass is 35.5. The lowest BCUT2D eigenvalue weighted by Crippen LogP contribution is -2.34. The molecule has 0 saturated heterocycles. The van der Waals surface area contributed by atoms with Crippen molar-refractivity contribution in [2.45, 2.75) is 26.3 Å². The maximum Gasteiger partial charge on any atom is 0.267 e. The van der Waals surface area contributed by atoms with Gasteiger partial charge in [-0.2, -0.15) is 0 Å². The molecule has 7 nitrogen and oxygen atoms in total. The average Bonchev–Trinajstić information content (AvgIpc) is 3.32. The van der Waals surface area contributed by atoms with Gasteiger partial charge in [-0.1, -0.05) is 47.2 Å². The number of hydrogen-bond acceptors (Lipinski definition) is 6. The zero-order valence-corrected chi connectivity index (χ0v) is 22.2. The van der Waals surface area contributed by atoms with Gasteiger partial charge in [0.2, 0.25) is 5.91 Å². The predicted molar refractivity (Wildman–Crippen MR) is 147 cm³/mol. The van der Waals surface area contributed by atoms with Crippen molar-refractivity contribution in [3.63, 3.8) is 0 Å². The molecule has 36 heavy (non-hydrogen) atoms. The Kier molecular flexibility index (Phi) is 8.40. The van der Waals surface area contributed by atoms with Crippen molar-refractivity contribution in [3.05, 3.63) is 81.3 Å². The zero-order valence-electron chi connectivity index (χ0n) is 20.7. The third-order valence-corrected chi connectivity index (χ3v) is 7.20. The van der Waals surface area contributed by atoms with E-state index in [0.717, 1.165) is 36.2 Å². The Bertz CT molecular complexity index is 1270. The van der Waals surface area contributed by atoms with Crippen molar-refractivity contribution in [1.29, 1.82) is 0 Å². The van der Waals surface area contributed by atoms with Crippen LogP contribution in [0.5, 0.6) is 0 Å². The van der Waals surface area contributed by atoms with Gasteiger partial charge in [0, 0.05) is 25.3 Å². The lowest BCUT2D eigenvalue weighted by Gasteiger charge is -2.28. The zero-order chi connectivity index (χ0) is 25.7. The summed E-state index contributed by atoms with van der Waals surface area (Å²) in [5.74, 6) is -0.190. The van der Waals surface area contributed by atoms with Gasteiger partial charge >= 0.3 is 0 Å². The molecular weight excluding hydrogens is 494 g/mol. The Morgan fingerprint density at radius 2 is 2.06 bits per heavy atom. The van der Waals surface area contributed by atoms with Crippen molar-refractivity contribution >= 4 is 51.3 Å². The number of thiazole rings is 1. The summed E-state index contributed by atoms with van der Waals surface area (Å²) in [6.07, 6.45) is 6.85. The topological polar surface area (TPSA) is 77.6 Å². The third-order valence-electron chi connectivity index (χ3n) is 5.97. The number of nitrogens with zero attached hydrogens (tertiary/aromatic N) is 3. The number of anilines is 3. The molecule has 3 aromatic rings. The van der Waals surface area contributed by atoms with Crippen molar-refractivity contribution in [3.8, 4) is 0 Å². The van der Waals surface area contributed by atoms with Gasteiger partial charge in [0.15, 0.2) is 5.13 Å². The van der Waals surface area contributed by atoms with Crippen molar-refractivity contribution in [1.82, 2.24) is 14.8 Å². The van der Waals surface area contributed by atoms with Crippen LogP contribution in [0.2, 0.25) is 5.02 Å². The molecule has 0 atom stereocenters. The number of para-hydroxylation sites is 1. The number of halogens is 1. The molecule has 0 radical (unpaired) electrons. The first kappa shape index (κ1) is 25.9. The van der Waals surface area contributed by atoms with E-state index in [1.54, 1.807) is 18.3 Å². The quantitative estimate of drug-likeness (QED) is 0.381. The van der Waals surface area contributed by atoms with E-state index in [9.17, 15) is 9.59 Å². The van der Waals surface area contributed by atoms with Crippen LogP contribution in [0.15, 0.2) is 54.7 Å². The molecule has 188 valence electrons. The minimum atomic E-state index is -0.247. The number of amides is 2. The lowest BCUT2D eigenvalue weighted by molar-refractivity contribution is -0.126. The number of aromatic nitrogens is 1. The molecule has 4 rings (SSSR count). The number of aryl methyl sites for hydroxylation is 1. The molecule has 1 aromatic heterocycles. The molecular formula is C27H30ClN5O2S. The molecule has 0 bridgehead atoms. The largest absolute Gasteiger partial charge is 0.335 e. The number of benzene rings is 2. The number of fused-ring (bicyclic) bond motifs is 1. The van der Waals surface area contributed by atoms with E-state index in [1.165, 1.54) is 16.9 Å². The summed E-state index contributed by atoms with van der Waals surface area (Å²) in [6, 6.07) is 11.6. The van der Waals surface area contributed by atoms with Crippen LogP contribution in [0.1, 0.15) is 32.8 Å². The van der Waals surface area contributed by atoms with E-state index < -0.39 is 0 Å². The maximum atomic E-state index is 12.7. The number of carbonyl (C=O) groups is 2. The first-order valence-electron chi connectivity index (χ1n) is 11.8. The van der Waals surface area contributed by atoms with E-state index >= 15 is 0 Å². The van der Waals surface area contributed by atoms with Gasteiger partial charge in [-0.3, -0.25) is 9.59 Å². The van der Waals surface area contributed by atoms with Crippen LogP contribution in [0.4, 0.5) is 16.5 Å².